The molecule has 6 nitrogen and oxygen atoms in total. The first kappa shape index (κ1) is 15.0. The van der Waals surface area contributed by atoms with Crippen molar-refractivity contribution in [2.24, 2.45) is 0 Å². The third-order valence-corrected chi connectivity index (χ3v) is 2.51. The second-order valence-electron chi connectivity index (χ2n) is 3.72. The Balaban J connectivity index is 2.62. The molecule has 1 aromatic carbocycles. The maximum Gasteiger partial charge on any atom is 0.308 e. The number of carbonyl (C=O) groups is 2. The summed E-state index contributed by atoms with van der Waals surface area (Å²) in [4.78, 5) is 23.0. The standard InChI is InChI=1S/C13H17NO5/c1-17-10-6-4-9(5-7-10)14-13(16)11(18-2)8-12(15)19-3/h4-7,11H,8H2,1-3H3,(H,14,16). The fourth-order valence-electron chi connectivity index (χ4n) is 1.41. The van der Waals surface area contributed by atoms with Gasteiger partial charge in [0.2, 0.25) is 0 Å². The molecule has 0 bridgehead atoms. The molecule has 104 valence electrons. The van der Waals surface area contributed by atoms with Crippen LogP contribution >= 0.6 is 0 Å². The molecule has 19 heavy (non-hydrogen) atoms. The molecule has 0 fully saturated rings. The van der Waals surface area contributed by atoms with Gasteiger partial charge in [-0.2, -0.15) is 0 Å². The minimum absolute atomic E-state index is 0.130. The normalized spacial score (nSPS) is 11.5. The van der Waals surface area contributed by atoms with Crippen LogP contribution in [0.5, 0.6) is 5.75 Å². The molecule has 0 heterocycles. The van der Waals surface area contributed by atoms with Crippen molar-refractivity contribution >= 4 is 17.6 Å². The lowest BCUT2D eigenvalue weighted by Crippen LogP contribution is -2.32. The Morgan fingerprint density at radius 3 is 2.26 bits per heavy atom. The van der Waals surface area contributed by atoms with Crippen LogP contribution < -0.4 is 10.1 Å². The molecule has 1 N–H and O–H groups in total. The summed E-state index contributed by atoms with van der Waals surface area (Å²) in [6.07, 6.45) is -1.01. The maximum atomic E-state index is 11.9. The number of methoxy groups -OCH3 is 3. The summed E-state index contributed by atoms with van der Waals surface area (Å²) in [6, 6.07) is 6.83. The van der Waals surface area contributed by atoms with E-state index in [-0.39, 0.29) is 6.42 Å². The lowest BCUT2D eigenvalue weighted by atomic mass is 10.2. The highest BCUT2D eigenvalue weighted by Crippen LogP contribution is 2.15. The molecular weight excluding hydrogens is 250 g/mol. The monoisotopic (exact) mass is 267 g/mol. The number of ether oxygens (including phenoxy) is 3. The van der Waals surface area contributed by atoms with Gasteiger partial charge >= 0.3 is 5.97 Å². The first-order chi connectivity index (χ1) is 9.10. The van der Waals surface area contributed by atoms with E-state index in [1.54, 1.807) is 31.4 Å². The summed E-state index contributed by atoms with van der Waals surface area (Å²) in [7, 11) is 4.18. The molecule has 1 rings (SSSR count). The Morgan fingerprint density at radius 2 is 1.79 bits per heavy atom. The Kier molecular flexibility index (Phi) is 5.81. The van der Waals surface area contributed by atoms with Crippen molar-refractivity contribution in [3.05, 3.63) is 24.3 Å². The van der Waals surface area contributed by atoms with Crippen LogP contribution in [0.3, 0.4) is 0 Å². The zero-order valence-electron chi connectivity index (χ0n) is 11.1. The second-order valence-corrected chi connectivity index (χ2v) is 3.72. The van der Waals surface area contributed by atoms with Gasteiger partial charge < -0.3 is 19.5 Å². The quantitative estimate of drug-likeness (QED) is 0.784. The lowest BCUT2D eigenvalue weighted by Gasteiger charge is -2.14. The molecule has 0 spiro atoms. The van der Waals surface area contributed by atoms with Gasteiger partial charge in [-0.05, 0) is 24.3 Å². The molecule has 1 atom stereocenters. The Hall–Kier alpha value is -2.08. The van der Waals surface area contributed by atoms with Gasteiger partial charge in [0.15, 0.2) is 0 Å². The molecular formula is C13H17NO5. The topological polar surface area (TPSA) is 73.9 Å². The van der Waals surface area contributed by atoms with Crippen molar-refractivity contribution in [2.45, 2.75) is 12.5 Å². The van der Waals surface area contributed by atoms with E-state index >= 15 is 0 Å². The molecule has 1 aromatic rings. The van der Waals surface area contributed by atoms with Crippen molar-refractivity contribution in [3.63, 3.8) is 0 Å². The van der Waals surface area contributed by atoms with Crippen LogP contribution in [0.2, 0.25) is 0 Å². The number of esters is 1. The molecule has 1 unspecified atom stereocenters. The average Bonchev–Trinajstić information content (AvgIpc) is 2.45. The van der Waals surface area contributed by atoms with E-state index in [1.807, 2.05) is 0 Å². The van der Waals surface area contributed by atoms with E-state index in [0.717, 1.165) is 0 Å². The molecule has 0 aromatic heterocycles. The van der Waals surface area contributed by atoms with E-state index in [4.69, 9.17) is 9.47 Å². The van der Waals surface area contributed by atoms with Crippen molar-refractivity contribution in [1.29, 1.82) is 0 Å². The largest absolute Gasteiger partial charge is 0.497 e. The number of hydrogen-bond donors (Lipinski definition) is 1. The summed E-state index contributed by atoms with van der Waals surface area (Å²) in [5.41, 5.74) is 0.595. The molecule has 0 saturated heterocycles. The van der Waals surface area contributed by atoms with E-state index in [2.05, 4.69) is 10.1 Å². The highest BCUT2D eigenvalue weighted by Gasteiger charge is 2.21. The first-order valence-electron chi connectivity index (χ1n) is 5.65. The Morgan fingerprint density at radius 1 is 1.16 bits per heavy atom. The number of nitrogens with one attached hydrogen (secondary N) is 1. The summed E-state index contributed by atoms with van der Waals surface area (Å²) in [5, 5.41) is 2.65. The first-order valence-corrected chi connectivity index (χ1v) is 5.65. The van der Waals surface area contributed by atoms with Gasteiger partial charge in [0.1, 0.15) is 11.9 Å². The maximum absolute atomic E-state index is 11.9. The van der Waals surface area contributed by atoms with E-state index < -0.39 is 18.0 Å². The number of benzene rings is 1. The number of hydrogen-bond acceptors (Lipinski definition) is 5. The molecule has 0 aliphatic rings. The average molecular weight is 267 g/mol. The fourth-order valence-corrected chi connectivity index (χ4v) is 1.41. The third kappa shape index (κ3) is 4.59. The molecule has 0 aliphatic carbocycles. The molecule has 0 saturated carbocycles. The van der Waals surface area contributed by atoms with E-state index in [1.165, 1.54) is 14.2 Å². The van der Waals surface area contributed by atoms with Crippen LogP contribution in [0.4, 0.5) is 5.69 Å². The van der Waals surface area contributed by atoms with Crippen molar-refractivity contribution < 1.29 is 23.8 Å². The van der Waals surface area contributed by atoms with Crippen LogP contribution in [0.1, 0.15) is 6.42 Å². The van der Waals surface area contributed by atoms with E-state index in [0.29, 0.717) is 11.4 Å². The second kappa shape index (κ2) is 7.38. The Labute approximate surface area is 111 Å². The summed E-state index contributed by atoms with van der Waals surface area (Å²) in [6.45, 7) is 0. The van der Waals surface area contributed by atoms with Gasteiger partial charge in [-0.1, -0.05) is 0 Å². The predicted octanol–water partition coefficient (Wildman–Crippen LogP) is 1.21. The molecule has 0 aliphatic heterocycles. The number of anilines is 1. The van der Waals surface area contributed by atoms with E-state index in [9.17, 15) is 9.59 Å². The number of carbonyl (C=O) groups excluding carboxylic acids is 2. The van der Waals surface area contributed by atoms with Gasteiger partial charge in [0.25, 0.3) is 5.91 Å². The number of rotatable bonds is 6. The third-order valence-electron chi connectivity index (χ3n) is 2.51. The van der Waals surface area contributed by atoms with Gasteiger partial charge in [0.05, 0.1) is 20.6 Å². The zero-order chi connectivity index (χ0) is 14.3. The summed E-state index contributed by atoms with van der Waals surface area (Å²) < 4.78 is 14.5. The van der Waals surface area contributed by atoms with Gasteiger partial charge in [-0.3, -0.25) is 9.59 Å². The van der Waals surface area contributed by atoms with Gasteiger partial charge in [-0.25, -0.2) is 0 Å². The zero-order valence-corrected chi connectivity index (χ0v) is 11.1. The van der Waals surface area contributed by atoms with Crippen molar-refractivity contribution in [2.75, 3.05) is 26.6 Å². The number of amides is 1. The van der Waals surface area contributed by atoms with Crippen LogP contribution in [0, 0.1) is 0 Å². The van der Waals surface area contributed by atoms with Crippen LogP contribution in [-0.2, 0) is 19.1 Å². The van der Waals surface area contributed by atoms with Gasteiger partial charge in [-0.15, -0.1) is 0 Å². The van der Waals surface area contributed by atoms with Gasteiger partial charge in [0, 0.05) is 12.8 Å². The SMILES string of the molecule is COC(=O)CC(OC)C(=O)Nc1ccc(OC)cc1. The minimum Gasteiger partial charge on any atom is -0.497 e. The minimum atomic E-state index is -0.880. The molecule has 0 radical (unpaired) electrons. The molecule has 6 heteroatoms. The van der Waals surface area contributed by atoms with Crippen LogP contribution in [0.15, 0.2) is 24.3 Å². The fraction of sp³-hybridized carbons (Fsp3) is 0.385. The Bertz CT molecular complexity index is 429. The smallest absolute Gasteiger partial charge is 0.308 e. The lowest BCUT2D eigenvalue weighted by molar-refractivity contribution is -0.146. The van der Waals surface area contributed by atoms with Crippen LogP contribution in [0.25, 0.3) is 0 Å². The van der Waals surface area contributed by atoms with Crippen molar-refractivity contribution in [3.8, 4) is 5.75 Å². The summed E-state index contributed by atoms with van der Waals surface area (Å²) in [5.74, 6) is -0.217. The predicted molar refractivity (Wildman–Crippen MR) is 69.1 cm³/mol. The highest BCUT2D eigenvalue weighted by molar-refractivity contribution is 5.96. The van der Waals surface area contributed by atoms with Crippen LogP contribution in [-0.4, -0.2) is 39.3 Å². The highest BCUT2D eigenvalue weighted by atomic mass is 16.5. The summed E-state index contributed by atoms with van der Waals surface area (Å²) >= 11 is 0. The van der Waals surface area contributed by atoms with Crippen molar-refractivity contribution in [1.82, 2.24) is 0 Å². The molecule has 1 amide bonds.